The van der Waals surface area contributed by atoms with E-state index >= 15 is 0 Å². The molecule has 3 heterocycles. The quantitative estimate of drug-likeness (QED) is 0.555. The topological polar surface area (TPSA) is 135 Å². The van der Waals surface area contributed by atoms with Crippen LogP contribution in [-0.4, -0.2) is 66.4 Å². The maximum Gasteiger partial charge on any atom is 0.323 e. The molecule has 4 amide bonds. The molecule has 1 fully saturated rings. The summed E-state index contributed by atoms with van der Waals surface area (Å²) >= 11 is 0. The van der Waals surface area contributed by atoms with Crippen molar-refractivity contribution in [1.82, 2.24) is 15.4 Å². The van der Waals surface area contributed by atoms with Gasteiger partial charge in [0.2, 0.25) is 5.91 Å². The van der Waals surface area contributed by atoms with Crippen LogP contribution < -0.4 is 20.7 Å². The molecule has 0 aliphatic carbocycles. The molecule has 0 unspecified atom stereocenters. The number of fused-ring (bicyclic) bond motifs is 2. The molecular weight excluding hydrogens is 466 g/mol. The van der Waals surface area contributed by atoms with Crippen LogP contribution in [0.25, 0.3) is 0 Å². The first-order valence-corrected chi connectivity index (χ1v) is 12.2. The molecule has 1 aromatic carbocycles. The molecule has 0 bridgehead atoms. The van der Waals surface area contributed by atoms with Crippen LogP contribution in [0.5, 0.6) is 5.75 Å². The maximum atomic E-state index is 13.4. The Morgan fingerprint density at radius 2 is 2.00 bits per heavy atom. The fourth-order valence-corrected chi connectivity index (χ4v) is 4.59. The van der Waals surface area contributed by atoms with E-state index in [1.807, 2.05) is 6.92 Å². The van der Waals surface area contributed by atoms with E-state index < -0.39 is 6.03 Å². The number of aryl methyl sites for hydroxylation is 2. The molecule has 3 atom stereocenters. The third-order valence-electron chi connectivity index (χ3n) is 6.53. The molecule has 2 aliphatic rings. The first kappa shape index (κ1) is 25.5. The van der Waals surface area contributed by atoms with Crippen molar-refractivity contribution in [1.29, 1.82) is 0 Å². The van der Waals surface area contributed by atoms with Crippen molar-refractivity contribution < 1.29 is 28.4 Å². The van der Waals surface area contributed by atoms with Gasteiger partial charge in [-0.2, -0.15) is 0 Å². The van der Waals surface area contributed by atoms with Crippen LogP contribution in [-0.2, 0) is 9.53 Å². The standard InChI is InChI=1S/C25H33N5O6/c1-5-10-26-22(31)12-17-7-8-19-21(35-17)13-34-20-9-6-16(11-18(20)24(32)30(19)4)27-25(33)28-23-14(2)29-36-15(23)3/h6,9,11,17,19,21H,5,7-8,10,12-13H2,1-4H3,(H,26,31)(H2,27,28,33)/t17-,19-,21+/m1/s1. The molecule has 11 nitrogen and oxygen atoms in total. The average molecular weight is 500 g/mol. The van der Waals surface area contributed by atoms with E-state index in [1.165, 1.54) is 0 Å². The lowest BCUT2D eigenvalue weighted by Gasteiger charge is -2.42. The number of likely N-dealkylation sites (N-methyl/N-ethyl adjacent to an activating group) is 1. The Balaban J connectivity index is 1.44. The number of nitrogens with zero attached hydrogens (tertiary/aromatic N) is 2. The molecule has 1 aromatic heterocycles. The summed E-state index contributed by atoms with van der Waals surface area (Å²) in [5, 5.41) is 12.2. The van der Waals surface area contributed by atoms with Crippen LogP contribution in [0.2, 0.25) is 0 Å². The number of carbonyl (C=O) groups excluding carboxylic acids is 3. The molecule has 194 valence electrons. The lowest BCUT2D eigenvalue weighted by atomic mass is 9.94. The fourth-order valence-electron chi connectivity index (χ4n) is 4.59. The summed E-state index contributed by atoms with van der Waals surface area (Å²) in [6.07, 6.45) is 2.00. The highest BCUT2D eigenvalue weighted by Crippen LogP contribution is 2.32. The number of benzene rings is 1. The van der Waals surface area contributed by atoms with E-state index in [2.05, 4.69) is 21.1 Å². The van der Waals surface area contributed by atoms with Gasteiger partial charge in [0.25, 0.3) is 5.91 Å². The van der Waals surface area contributed by atoms with E-state index in [1.54, 1.807) is 44.0 Å². The summed E-state index contributed by atoms with van der Waals surface area (Å²) in [6, 6.07) is 4.27. The third-order valence-corrected chi connectivity index (χ3v) is 6.53. The predicted molar refractivity (Wildman–Crippen MR) is 132 cm³/mol. The van der Waals surface area contributed by atoms with E-state index in [4.69, 9.17) is 14.0 Å². The van der Waals surface area contributed by atoms with Crippen LogP contribution in [0.3, 0.4) is 0 Å². The largest absolute Gasteiger partial charge is 0.490 e. The summed E-state index contributed by atoms with van der Waals surface area (Å²) in [7, 11) is 1.75. The number of carbonyl (C=O) groups is 3. The zero-order chi connectivity index (χ0) is 25.8. The van der Waals surface area contributed by atoms with Crippen LogP contribution in [0, 0.1) is 13.8 Å². The lowest BCUT2D eigenvalue weighted by molar-refractivity contribution is -0.134. The molecule has 0 radical (unpaired) electrons. The Labute approximate surface area is 209 Å². The highest BCUT2D eigenvalue weighted by molar-refractivity contribution is 6.03. The number of nitrogens with one attached hydrogen (secondary N) is 3. The van der Waals surface area contributed by atoms with E-state index in [-0.39, 0.29) is 36.7 Å². The van der Waals surface area contributed by atoms with E-state index in [0.717, 1.165) is 6.42 Å². The van der Waals surface area contributed by atoms with Crippen molar-refractivity contribution in [3.63, 3.8) is 0 Å². The number of hydrogen-bond acceptors (Lipinski definition) is 7. The molecule has 36 heavy (non-hydrogen) atoms. The number of ether oxygens (including phenoxy) is 2. The number of rotatable bonds is 6. The summed E-state index contributed by atoms with van der Waals surface area (Å²) in [4.78, 5) is 39.7. The Morgan fingerprint density at radius 1 is 1.19 bits per heavy atom. The lowest BCUT2D eigenvalue weighted by Crippen LogP contribution is -2.54. The smallest absolute Gasteiger partial charge is 0.323 e. The molecule has 11 heteroatoms. The normalized spacial score (nSPS) is 21.4. The van der Waals surface area contributed by atoms with Crippen molar-refractivity contribution in [3.05, 3.63) is 35.2 Å². The molecule has 0 spiro atoms. The third kappa shape index (κ3) is 5.62. The van der Waals surface area contributed by atoms with Crippen LogP contribution in [0.15, 0.2) is 22.7 Å². The second-order valence-corrected chi connectivity index (χ2v) is 9.21. The zero-order valence-corrected chi connectivity index (χ0v) is 21.1. The van der Waals surface area contributed by atoms with E-state index in [0.29, 0.717) is 59.9 Å². The molecule has 2 aliphatic heterocycles. The van der Waals surface area contributed by atoms with Gasteiger partial charge in [-0.15, -0.1) is 0 Å². The highest BCUT2D eigenvalue weighted by Gasteiger charge is 2.39. The van der Waals surface area contributed by atoms with Gasteiger partial charge in [-0.25, -0.2) is 4.79 Å². The van der Waals surface area contributed by atoms with Gasteiger partial charge in [0.15, 0.2) is 5.76 Å². The first-order valence-electron chi connectivity index (χ1n) is 12.2. The number of anilines is 2. The van der Waals surface area contributed by atoms with Crippen LogP contribution in [0.1, 0.15) is 54.4 Å². The summed E-state index contributed by atoms with van der Waals surface area (Å²) < 4.78 is 17.3. The second kappa shape index (κ2) is 11.0. The van der Waals surface area contributed by atoms with Crippen molar-refractivity contribution >= 4 is 29.2 Å². The minimum Gasteiger partial charge on any atom is -0.490 e. The maximum absolute atomic E-state index is 13.4. The average Bonchev–Trinajstić information content (AvgIpc) is 3.17. The Kier molecular flexibility index (Phi) is 7.78. The van der Waals surface area contributed by atoms with E-state index in [9.17, 15) is 14.4 Å². The Morgan fingerprint density at radius 3 is 2.72 bits per heavy atom. The summed E-state index contributed by atoms with van der Waals surface area (Å²) in [5.41, 5.74) is 1.87. The van der Waals surface area contributed by atoms with Crippen molar-refractivity contribution in [3.8, 4) is 5.75 Å². The van der Waals surface area contributed by atoms with Gasteiger partial charge in [0.05, 0.1) is 24.1 Å². The summed E-state index contributed by atoms with van der Waals surface area (Å²) in [5.74, 6) is 0.657. The number of amides is 4. The Hall–Kier alpha value is -3.60. The molecule has 4 rings (SSSR count). The minimum absolute atomic E-state index is 0.0275. The molecular formula is C25H33N5O6. The predicted octanol–water partition coefficient (Wildman–Crippen LogP) is 3.23. The molecule has 0 saturated carbocycles. The monoisotopic (exact) mass is 499 g/mol. The van der Waals surface area contributed by atoms with Gasteiger partial charge >= 0.3 is 6.03 Å². The van der Waals surface area contributed by atoms with Crippen molar-refractivity contribution in [2.45, 2.75) is 64.7 Å². The number of hydrogen-bond donors (Lipinski definition) is 3. The number of aromatic nitrogens is 1. The first-order chi connectivity index (χ1) is 17.3. The minimum atomic E-state index is -0.480. The van der Waals surface area contributed by atoms with Gasteiger partial charge < -0.3 is 34.8 Å². The molecule has 2 aromatic rings. The van der Waals surface area contributed by atoms with Crippen molar-refractivity contribution in [2.75, 3.05) is 30.8 Å². The fraction of sp³-hybridized carbons (Fsp3) is 0.520. The highest BCUT2D eigenvalue weighted by atomic mass is 16.5. The van der Waals surface area contributed by atoms with Crippen molar-refractivity contribution in [2.24, 2.45) is 0 Å². The second-order valence-electron chi connectivity index (χ2n) is 9.21. The molecule has 3 N–H and O–H groups in total. The Bertz CT molecular complexity index is 1110. The van der Waals surface area contributed by atoms with Gasteiger partial charge in [0, 0.05) is 19.3 Å². The van der Waals surface area contributed by atoms with Gasteiger partial charge in [-0.1, -0.05) is 12.1 Å². The molecule has 1 saturated heterocycles. The number of urea groups is 1. The SMILES string of the molecule is CCCNC(=O)C[C@H]1CC[C@@H]2[C@H](COc3ccc(NC(=O)Nc4c(C)noc4C)cc3C(=O)N2C)O1. The van der Waals surface area contributed by atoms with Gasteiger partial charge in [-0.3, -0.25) is 9.59 Å². The van der Waals surface area contributed by atoms with Crippen LogP contribution in [0.4, 0.5) is 16.2 Å². The zero-order valence-electron chi connectivity index (χ0n) is 21.1. The summed E-state index contributed by atoms with van der Waals surface area (Å²) in [6.45, 7) is 6.34. The van der Waals surface area contributed by atoms with Gasteiger partial charge in [-0.05, 0) is 51.3 Å². The van der Waals surface area contributed by atoms with Gasteiger partial charge in [0.1, 0.15) is 29.8 Å². The van der Waals surface area contributed by atoms with Crippen LogP contribution >= 0.6 is 0 Å².